The molecule has 0 fully saturated rings. The SMILES string of the molecule is C=C/C(=C\C=C/C)C(=C)CC. The average molecular weight is 148 g/mol. The van der Waals surface area contributed by atoms with Crippen LogP contribution in [-0.2, 0) is 0 Å². The van der Waals surface area contributed by atoms with E-state index < -0.39 is 0 Å². The molecule has 0 amide bonds. The molecule has 0 nitrogen and oxygen atoms in total. The molecular formula is C11H16. The second-order valence-electron chi connectivity index (χ2n) is 2.31. The van der Waals surface area contributed by atoms with Crippen LogP contribution < -0.4 is 0 Å². The molecule has 0 aliphatic rings. The van der Waals surface area contributed by atoms with Crippen molar-refractivity contribution in [3.8, 4) is 0 Å². The molecule has 0 saturated heterocycles. The van der Waals surface area contributed by atoms with Crippen molar-refractivity contribution in [2.24, 2.45) is 0 Å². The van der Waals surface area contributed by atoms with Gasteiger partial charge in [0.15, 0.2) is 0 Å². The Morgan fingerprint density at radius 1 is 1.45 bits per heavy atom. The Morgan fingerprint density at radius 2 is 2.09 bits per heavy atom. The Balaban J connectivity index is 4.38. The van der Waals surface area contributed by atoms with Gasteiger partial charge in [-0.3, -0.25) is 0 Å². The number of rotatable bonds is 4. The van der Waals surface area contributed by atoms with Crippen LogP contribution in [0.15, 0.2) is 48.6 Å². The van der Waals surface area contributed by atoms with Gasteiger partial charge in [-0.1, -0.05) is 44.4 Å². The molecule has 0 N–H and O–H groups in total. The highest BCUT2D eigenvalue weighted by Gasteiger charge is 1.92. The smallest absolute Gasteiger partial charge is 0.0237 e. The molecule has 60 valence electrons. The van der Waals surface area contributed by atoms with Crippen molar-refractivity contribution in [3.63, 3.8) is 0 Å². The van der Waals surface area contributed by atoms with Gasteiger partial charge in [0.25, 0.3) is 0 Å². The third-order valence-electron chi connectivity index (χ3n) is 1.52. The molecule has 0 atom stereocenters. The van der Waals surface area contributed by atoms with E-state index in [9.17, 15) is 0 Å². The summed E-state index contributed by atoms with van der Waals surface area (Å²) in [4.78, 5) is 0. The molecule has 0 heterocycles. The van der Waals surface area contributed by atoms with Crippen molar-refractivity contribution >= 4 is 0 Å². The minimum Gasteiger partial charge on any atom is -0.0985 e. The van der Waals surface area contributed by atoms with Gasteiger partial charge in [-0.2, -0.15) is 0 Å². The van der Waals surface area contributed by atoms with Crippen LogP contribution in [0.4, 0.5) is 0 Å². The van der Waals surface area contributed by atoms with Crippen LogP contribution in [0.1, 0.15) is 20.3 Å². The van der Waals surface area contributed by atoms with Gasteiger partial charge < -0.3 is 0 Å². The van der Waals surface area contributed by atoms with E-state index in [-0.39, 0.29) is 0 Å². The standard InChI is InChI=1S/C11H16/c1-5-8-9-11(7-3)10(4)6-2/h5,7-9H,3-4,6H2,1-2H3/b8-5-,11-9+. The maximum absolute atomic E-state index is 3.92. The van der Waals surface area contributed by atoms with Crippen molar-refractivity contribution in [3.05, 3.63) is 48.6 Å². The summed E-state index contributed by atoms with van der Waals surface area (Å²) in [5.41, 5.74) is 2.27. The summed E-state index contributed by atoms with van der Waals surface area (Å²) >= 11 is 0. The highest BCUT2D eigenvalue weighted by atomic mass is 14.0. The predicted octanol–water partition coefficient (Wildman–Crippen LogP) is 3.64. The van der Waals surface area contributed by atoms with Crippen LogP contribution in [0.25, 0.3) is 0 Å². The Morgan fingerprint density at radius 3 is 2.45 bits per heavy atom. The topological polar surface area (TPSA) is 0 Å². The third kappa shape index (κ3) is 3.61. The summed E-state index contributed by atoms with van der Waals surface area (Å²) in [6.07, 6.45) is 8.84. The van der Waals surface area contributed by atoms with Crippen LogP contribution in [-0.4, -0.2) is 0 Å². The molecule has 0 spiro atoms. The monoisotopic (exact) mass is 148 g/mol. The average Bonchev–Trinajstić information content (AvgIpc) is 2.05. The van der Waals surface area contributed by atoms with Crippen LogP contribution in [0.5, 0.6) is 0 Å². The van der Waals surface area contributed by atoms with E-state index in [0.29, 0.717) is 0 Å². The second kappa shape index (κ2) is 5.72. The lowest BCUT2D eigenvalue weighted by molar-refractivity contribution is 1.13. The lowest BCUT2D eigenvalue weighted by Crippen LogP contribution is -1.80. The van der Waals surface area contributed by atoms with Crippen LogP contribution in [0, 0.1) is 0 Å². The summed E-state index contributed by atoms with van der Waals surface area (Å²) in [6, 6.07) is 0. The zero-order valence-electron chi connectivity index (χ0n) is 7.43. The summed E-state index contributed by atoms with van der Waals surface area (Å²) in [6.45, 7) is 11.7. The molecular weight excluding hydrogens is 132 g/mol. The van der Waals surface area contributed by atoms with Crippen LogP contribution in [0.2, 0.25) is 0 Å². The molecule has 0 bridgehead atoms. The zero-order chi connectivity index (χ0) is 8.69. The van der Waals surface area contributed by atoms with Crippen LogP contribution >= 0.6 is 0 Å². The molecule has 0 aromatic carbocycles. The first kappa shape index (κ1) is 9.96. The van der Waals surface area contributed by atoms with E-state index in [1.54, 1.807) is 0 Å². The summed E-state index contributed by atoms with van der Waals surface area (Å²) in [5.74, 6) is 0. The predicted molar refractivity (Wildman–Crippen MR) is 52.5 cm³/mol. The third-order valence-corrected chi connectivity index (χ3v) is 1.52. The van der Waals surface area contributed by atoms with Gasteiger partial charge in [0, 0.05) is 0 Å². The van der Waals surface area contributed by atoms with Crippen molar-refractivity contribution in [1.29, 1.82) is 0 Å². The van der Waals surface area contributed by atoms with Gasteiger partial charge in [0.2, 0.25) is 0 Å². The van der Waals surface area contributed by atoms with Gasteiger partial charge in [0.1, 0.15) is 0 Å². The molecule has 0 unspecified atom stereocenters. The largest absolute Gasteiger partial charge is 0.0985 e. The maximum atomic E-state index is 3.92. The summed E-state index contributed by atoms with van der Waals surface area (Å²) < 4.78 is 0. The molecule has 0 heteroatoms. The molecule has 0 aliphatic carbocycles. The Kier molecular flexibility index (Phi) is 5.18. The number of hydrogen-bond acceptors (Lipinski definition) is 0. The van der Waals surface area contributed by atoms with E-state index in [2.05, 4.69) is 20.1 Å². The fraction of sp³-hybridized carbons (Fsp3) is 0.273. The van der Waals surface area contributed by atoms with Crippen molar-refractivity contribution < 1.29 is 0 Å². The molecule has 0 aromatic heterocycles. The molecule has 0 rings (SSSR count). The van der Waals surface area contributed by atoms with E-state index >= 15 is 0 Å². The molecule has 0 aromatic rings. The minimum atomic E-state index is 0.982. The lowest BCUT2D eigenvalue weighted by atomic mass is 10.1. The molecule has 0 aliphatic heterocycles. The molecule has 0 saturated carbocycles. The fourth-order valence-corrected chi connectivity index (χ4v) is 0.734. The lowest BCUT2D eigenvalue weighted by Gasteiger charge is -2.00. The number of allylic oxidation sites excluding steroid dienone is 6. The van der Waals surface area contributed by atoms with Crippen molar-refractivity contribution in [1.82, 2.24) is 0 Å². The summed E-state index contributed by atoms with van der Waals surface area (Å²) in [5, 5.41) is 0. The van der Waals surface area contributed by atoms with E-state index in [1.807, 2.05) is 31.2 Å². The van der Waals surface area contributed by atoms with Gasteiger partial charge >= 0.3 is 0 Å². The zero-order valence-corrected chi connectivity index (χ0v) is 7.43. The Bertz CT molecular complexity index is 192. The van der Waals surface area contributed by atoms with Gasteiger partial charge in [-0.05, 0) is 24.5 Å². The first-order valence-corrected chi connectivity index (χ1v) is 3.89. The van der Waals surface area contributed by atoms with Crippen molar-refractivity contribution in [2.45, 2.75) is 20.3 Å². The van der Waals surface area contributed by atoms with E-state index in [0.717, 1.165) is 17.6 Å². The Hall–Kier alpha value is -1.04. The summed E-state index contributed by atoms with van der Waals surface area (Å²) in [7, 11) is 0. The molecule has 0 radical (unpaired) electrons. The second-order valence-corrected chi connectivity index (χ2v) is 2.31. The first-order valence-electron chi connectivity index (χ1n) is 3.89. The van der Waals surface area contributed by atoms with E-state index in [1.165, 1.54) is 0 Å². The fourth-order valence-electron chi connectivity index (χ4n) is 0.734. The van der Waals surface area contributed by atoms with E-state index in [4.69, 9.17) is 0 Å². The minimum absolute atomic E-state index is 0.982. The first-order chi connectivity index (χ1) is 5.26. The normalized spacial score (nSPS) is 12.0. The highest BCUT2D eigenvalue weighted by molar-refractivity contribution is 5.38. The van der Waals surface area contributed by atoms with Gasteiger partial charge in [0.05, 0.1) is 0 Å². The van der Waals surface area contributed by atoms with Crippen LogP contribution in [0.3, 0.4) is 0 Å². The Labute approximate surface area is 69.6 Å². The van der Waals surface area contributed by atoms with Crippen molar-refractivity contribution in [2.75, 3.05) is 0 Å². The maximum Gasteiger partial charge on any atom is -0.0237 e. The quantitative estimate of drug-likeness (QED) is 0.534. The highest BCUT2D eigenvalue weighted by Crippen LogP contribution is 2.11. The van der Waals surface area contributed by atoms with Gasteiger partial charge in [-0.15, -0.1) is 0 Å². The van der Waals surface area contributed by atoms with Gasteiger partial charge in [-0.25, -0.2) is 0 Å². The molecule has 11 heavy (non-hydrogen) atoms. The number of hydrogen-bond donors (Lipinski definition) is 0.